The molecule has 0 saturated heterocycles. The van der Waals surface area contributed by atoms with Gasteiger partial charge in [0.05, 0.1) is 4.92 Å². The summed E-state index contributed by atoms with van der Waals surface area (Å²) in [5, 5.41) is 13.9. The fourth-order valence-corrected chi connectivity index (χ4v) is 4.56. The number of sulfonamides is 1. The largest absolute Gasteiger partial charge is 0.374 e. The number of rotatable bonds is 5. The Morgan fingerprint density at radius 2 is 2.10 bits per heavy atom. The van der Waals surface area contributed by atoms with Gasteiger partial charge in [-0.3, -0.25) is 14.8 Å². The smallest absolute Gasteiger partial charge is 0.304 e. The predicted molar refractivity (Wildman–Crippen MR) is 78.2 cm³/mol. The Labute approximate surface area is 122 Å². The van der Waals surface area contributed by atoms with Gasteiger partial charge in [-0.05, 0) is 6.92 Å². The highest BCUT2D eigenvalue weighted by molar-refractivity contribution is 7.95. The second-order valence-electron chi connectivity index (χ2n) is 3.67. The molecule has 0 aromatic carbocycles. The lowest BCUT2D eigenvalue weighted by Crippen LogP contribution is -2.11. The van der Waals surface area contributed by atoms with E-state index in [2.05, 4.69) is 15.0 Å². The lowest BCUT2D eigenvalue weighted by molar-refractivity contribution is -0.383. The minimum atomic E-state index is -3.87. The number of hydrogen-bond donors (Lipinski definition) is 2. The molecule has 0 unspecified atom stereocenters. The molecular formula is C9H10N4O4S3. The van der Waals surface area contributed by atoms with E-state index in [1.807, 2.05) is 0 Å². The quantitative estimate of drug-likeness (QED) is 0.640. The van der Waals surface area contributed by atoms with Gasteiger partial charge in [-0.25, -0.2) is 13.4 Å². The van der Waals surface area contributed by atoms with Gasteiger partial charge in [0, 0.05) is 24.2 Å². The number of nitro groups is 1. The maximum Gasteiger partial charge on any atom is 0.304 e. The van der Waals surface area contributed by atoms with Crippen LogP contribution in [0.2, 0.25) is 0 Å². The monoisotopic (exact) mass is 334 g/mol. The molecule has 0 aliphatic carbocycles. The molecule has 2 heterocycles. The lowest BCUT2D eigenvalue weighted by atomic mass is 10.5. The second-order valence-corrected chi connectivity index (χ2v) is 7.86. The summed E-state index contributed by atoms with van der Waals surface area (Å²) < 4.78 is 26.4. The van der Waals surface area contributed by atoms with Gasteiger partial charge in [0.1, 0.15) is 4.21 Å². The molecule has 0 saturated carbocycles. The molecule has 0 fully saturated rings. The van der Waals surface area contributed by atoms with Crippen LogP contribution in [0.5, 0.6) is 0 Å². The first-order chi connectivity index (χ1) is 9.33. The zero-order valence-electron chi connectivity index (χ0n) is 10.4. The summed E-state index contributed by atoms with van der Waals surface area (Å²) >= 11 is 1.98. The van der Waals surface area contributed by atoms with Crippen LogP contribution in [0.4, 0.5) is 15.8 Å². The molecule has 11 heteroatoms. The van der Waals surface area contributed by atoms with E-state index in [0.29, 0.717) is 0 Å². The van der Waals surface area contributed by atoms with Crippen molar-refractivity contribution in [2.45, 2.75) is 11.1 Å². The lowest BCUT2D eigenvalue weighted by Gasteiger charge is -2.00. The molecule has 0 atom stereocenters. The highest BCUT2D eigenvalue weighted by Gasteiger charge is 2.26. The first kappa shape index (κ1) is 14.7. The Bertz CT molecular complexity index is 749. The van der Waals surface area contributed by atoms with Gasteiger partial charge in [0.2, 0.25) is 0 Å². The average Bonchev–Trinajstić information content (AvgIpc) is 2.95. The molecule has 0 aliphatic heterocycles. The van der Waals surface area contributed by atoms with E-state index >= 15 is 0 Å². The first-order valence-corrected chi connectivity index (χ1v) is 8.36. The molecule has 0 amide bonds. The summed E-state index contributed by atoms with van der Waals surface area (Å²) in [4.78, 5) is 15.0. The Kier molecular flexibility index (Phi) is 3.92. The zero-order valence-corrected chi connectivity index (χ0v) is 12.9. The van der Waals surface area contributed by atoms with Crippen LogP contribution < -0.4 is 10.0 Å². The highest BCUT2D eigenvalue weighted by atomic mass is 32.2. The van der Waals surface area contributed by atoms with Crippen molar-refractivity contribution < 1.29 is 13.3 Å². The number of thiazole rings is 1. The second kappa shape index (κ2) is 5.34. The van der Waals surface area contributed by atoms with Crippen LogP contribution in [0, 0.1) is 17.0 Å². The van der Waals surface area contributed by atoms with Crippen LogP contribution in [0.1, 0.15) is 4.88 Å². The summed E-state index contributed by atoms with van der Waals surface area (Å²) in [6.45, 7) is 1.80. The van der Waals surface area contributed by atoms with Gasteiger partial charge in [0.15, 0.2) is 10.1 Å². The van der Waals surface area contributed by atoms with E-state index < -0.39 is 14.9 Å². The first-order valence-electron chi connectivity index (χ1n) is 5.24. The summed E-state index contributed by atoms with van der Waals surface area (Å²) in [5.74, 6) is 0. The molecule has 2 aromatic rings. The Hall–Kier alpha value is -1.72. The van der Waals surface area contributed by atoms with Gasteiger partial charge in [-0.2, -0.15) is 0 Å². The van der Waals surface area contributed by atoms with Crippen molar-refractivity contribution in [2.75, 3.05) is 17.1 Å². The number of anilines is 2. The van der Waals surface area contributed by atoms with E-state index in [1.165, 1.54) is 18.4 Å². The summed E-state index contributed by atoms with van der Waals surface area (Å²) in [6, 6.07) is 1.03. The maximum atomic E-state index is 12.1. The van der Waals surface area contributed by atoms with E-state index in [4.69, 9.17) is 0 Å². The maximum absolute atomic E-state index is 12.1. The number of hydrogen-bond acceptors (Lipinski definition) is 8. The summed E-state index contributed by atoms with van der Waals surface area (Å²) in [5.41, 5.74) is -0.270. The normalized spacial score (nSPS) is 11.3. The van der Waals surface area contributed by atoms with E-state index in [-0.39, 0.29) is 20.0 Å². The number of nitrogens with zero attached hydrogens (tertiary/aromatic N) is 2. The van der Waals surface area contributed by atoms with E-state index in [1.54, 1.807) is 13.1 Å². The minimum Gasteiger partial charge on any atom is -0.374 e. The predicted octanol–water partition coefficient (Wildman–Crippen LogP) is 2.26. The van der Waals surface area contributed by atoms with Crippen LogP contribution in [0.25, 0.3) is 0 Å². The third-order valence-electron chi connectivity index (χ3n) is 2.22. The van der Waals surface area contributed by atoms with Gasteiger partial charge in [-0.15, -0.1) is 11.3 Å². The topological polar surface area (TPSA) is 114 Å². The van der Waals surface area contributed by atoms with Crippen molar-refractivity contribution in [1.29, 1.82) is 0 Å². The van der Waals surface area contributed by atoms with Crippen LogP contribution in [-0.4, -0.2) is 25.4 Å². The van der Waals surface area contributed by atoms with Gasteiger partial charge in [-0.1, -0.05) is 11.3 Å². The van der Waals surface area contributed by atoms with Crippen molar-refractivity contribution >= 4 is 48.5 Å². The molecule has 0 bridgehead atoms. The highest BCUT2D eigenvalue weighted by Crippen LogP contribution is 2.37. The van der Waals surface area contributed by atoms with Crippen molar-refractivity contribution in [3.63, 3.8) is 0 Å². The average molecular weight is 334 g/mol. The molecule has 2 N–H and O–H groups in total. The van der Waals surface area contributed by atoms with Crippen LogP contribution in [0.15, 0.2) is 16.5 Å². The van der Waals surface area contributed by atoms with Gasteiger partial charge >= 0.3 is 5.69 Å². The number of aryl methyl sites for hydroxylation is 1. The molecular weight excluding hydrogens is 324 g/mol. The molecule has 8 nitrogen and oxygen atoms in total. The summed E-state index contributed by atoms with van der Waals surface area (Å²) in [7, 11) is -2.38. The number of thiophene rings is 1. The molecule has 20 heavy (non-hydrogen) atoms. The number of aromatic nitrogens is 1. The molecule has 108 valence electrons. The summed E-state index contributed by atoms with van der Waals surface area (Å²) in [6.07, 6.45) is 1.54. The standard InChI is InChI=1S/C9H10N4O4S3/c1-5-4-11-9(18-5)12-20(16,17)7-3-6(13(14)15)8(10-2)19-7/h3-4,10H,1-2H3,(H,11,12). The van der Waals surface area contributed by atoms with Crippen molar-refractivity contribution in [1.82, 2.24) is 4.98 Å². The fourth-order valence-electron chi connectivity index (χ4n) is 1.37. The molecule has 2 aromatic heterocycles. The Balaban J connectivity index is 2.37. The van der Waals surface area contributed by atoms with Crippen LogP contribution >= 0.6 is 22.7 Å². The third kappa shape index (κ3) is 2.89. The van der Waals surface area contributed by atoms with E-state index in [9.17, 15) is 18.5 Å². The Morgan fingerprint density at radius 1 is 1.40 bits per heavy atom. The molecule has 0 radical (unpaired) electrons. The van der Waals surface area contributed by atoms with Crippen molar-refractivity contribution in [3.05, 3.63) is 27.3 Å². The fraction of sp³-hybridized carbons (Fsp3) is 0.222. The third-order valence-corrected chi connectivity index (χ3v) is 6.13. The number of nitrogens with one attached hydrogen (secondary N) is 2. The van der Waals surface area contributed by atoms with Gasteiger partial charge < -0.3 is 5.32 Å². The minimum absolute atomic E-state index is 0.138. The molecule has 2 rings (SSSR count). The Morgan fingerprint density at radius 3 is 2.55 bits per heavy atom. The SMILES string of the molecule is CNc1sc(S(=O)(=O)Nc2ncc(C)s2)cc1[N+](=O)[O-]. The van der Waals surface area contributed by atoms with Crippen LogP contribution in [0.3, 0.4) is 0 Å². The van der Waals surface area contributed by atoms with Crippen LogP contribution in [-0.2, 0) is 10.0 Å². The van der Waals surface area contributed by atoms with Gasteiger partial charge in [0.25, 0.3) is 10.0 Å². The zero-order chi connectivity index (χ0) is 14.9. The molecule has 0 aliphatic rings. The van der Waals surface area contributed by atoms with E-state index in [0.717, 1.165) is 22.3 Å². The van der Waals surface area contributed by atoms with Crippen molar-refractivity contribution in [3.8, 4) is 0 Å². The van der Waals surface area contributed by atoms with Crippen molar-refractivity contribution in [2.24, 2.45) is 0 Å². The molecule has 0 spiro atoms.